The Hall–Kier alpha value is -1.49. The number of benzene rings is 1. The molecule has 1 N–H and O–H groups in total. The summed E-state index contributed by atoms with van der Waals surface area (Å²) in [6, 6.07) is 6.62. The number of carbonyl (C=O) groups excluding carboxylic acids is 1. The van der Waals surface area contributed by atoms with Gasteiger partial charge >= 0.3 is 5.97 Å². The second kappa shape index (κ2) is 5.65. The van der Waals surface area contributed by atoms with Gasteiger partial charge in [0.2, 0.25) is 0 Å². The van der Waals surface area contributed by atoms with Gasteiger partial charge in [0.1, 0.15) is 6.04 Å². The van der Waals surface area contributed by atoms with Crippen molar-refractivity contribution in [1.29, 1.82) is 0 Å². The molecule has 4 nitrogen and oxygen atoms in total. The predicted molar refractivity (Wildman–Crippen MR) is 74.5 cm³/mol. The molecule has 1 heterocycles. The summed E-state index contributed by atoms with van der Waals surface area (Å²) in [5.41, 5.74) is 0.593. The van der Waals surface area contributed by atoms with Crippen molar-refractivity contribution >= 4 is 23.6 Å². The molecule has 2 rings (SSSR count). The van der Waals surface area contributed by atoms with E-state index in [1.54, 1.807) is 6.07 Å². The van der Waals surface area contributed by atoms with E-state index in [1.807, 2.05) is 31.4 Å². The van der Waals surface area contributed by atoms with E-state index in [1.165, 1.54) is 16.7 Å². The molecule has 5 heteroatoms. The molecule has 1 saturated heterocycles. The van der Waals surface area contributed by atoms with Crippen LogP contribution in [0.15, 0.2) is 29.2 Å². The van der Waals surface area contributed by atoms with Crippen LogP contribution in [0.25, 0.3) is 0 Å². The second-order valence-electron chi connectivity index (χ2n) is 4.75. The Kier molecular flexibility index (Phi) is 4.14. The van der Waals surface area contributed by atoms with Gasteiger partial charge in [0, 0.05) is 11.4 Å². The molecule has 0 spiro atoms. The Bertz CT molecular complexity index is 503. The van der Waals surface area contributed by atoms with Crippen LogP contribution in [0.4, 0.5) is 0 Å². The first-order valence-electron chi connectivity index (χ1n) is 6.23. The molecular formula is C14H17NO3S. The number of carbonyl (C=O) groups is 2. The Morgan fingerprint density at radius 1 is 1.37 bits per heavy atom. The third-order valence-electron chi connectivity index (χ3n) is 3.55. The van der Waals surface area contributed by atoms with Crippen molar-refractivity contribution in [3.05, 3.63) is 29.8 Å². The van der Waals surface area contributed by atoms with Crippen LogP contribution in [0.5, 0.6) is 0 Å². The lowest BCUT2D eigenvalue weighted by Gasteiger charge is -2.24. The number of hydrogen-bond acceptors (Lipinski definition) is 3. The molecule has 19 heavy (non-hydrogen) atoms. The molecule has 0 saturated carbocycles. The van der Waals surface area contributed by atoms with Gasteiger partial charge in [-0.1, -0.05) is 19.1 Å². The SMILES string of the molecule is CSc1ccccc1C(=O)N1CCC(C)C1C(=O)O. The Labute approximate surface area is 116 Å². The lowest BCUT2D eigenvalue weighted by molar-refractivity contribution is -0.142. The maximum atomic E-state index is 12.5. The second-order valence-corrected chi connectivity index (χ2v) is 5.60. The van der Waals surface area contributed by atoms with Crippen LogP contribution in [0, 0.1) is 5.92 Å². The van der Waals surface area contributed by atoms with Gasteiger partial charge in [-0.15, -0.1) is 11.8 Å². The van der Waals surface area contributed by atoms with E-state index in [9.17, 15) is 14.7 Å². The van der Waals surface area contributed by atoms with Gasteiger partial charge in [0.05, 0.1) is 5.56 Å². The number of carboxylic acids is 1. The number of carboxylic acid groups (broad SMARTS) is 1. The number of amides is 1. The summed E-state index contributed by atoms with van der Waals surface area (Å²) in [5, 5.41) is 9.28. The van der Waals surface area contributed by atoms with E-state index in [0.717, 1.165) is 11.3 Å². The fourth-order valence-corrected chi connectivity index (χ4v) is 3.12. The molecule has 1 aromatic rings. The van der Waals surface area contributed by atoms with Crippen LogP contribution in [-0.2, 0) is 4.79 Å². The van der Waals surface area contributed by atoms with Crippen LogP contribution in [0.3, 0.4) is 0 Å². The minimum absolute atomic E-state index is 0.00268. The van der Waals surface area contributed by atoms with Gasteiger partial charge in [-0.25, -0.2) is 4.79 Å². The van der Waals surface area contributed by atoms with Gasteiger partial charge in [-0.2, -0.15) is 0 Å². The Morgan fingerprint density at radius 3 is 2.68 bits per heavy atom. The molecule has 1 aliphatic rings. The van der Waals surface area contributed by atoms with Crippen LogP contribution < -0.4 is 0 Å². The van der Waals surface area contributed by atoms with E-state index >= 15 is 0 Å². The van der Waals surface area contributed by atoms with Crippen molar-refractivity contribution in [2.75, 3.05) is 12.8 Å². The third-order valence-corrected chi connectivity index (χ3v) is 4.35. The Balaban J connectivity index is 2.31. The highest BCUT2D eigenvalue weighted by Crippen LogP contribution is 2.28. The summed E-state index contributed by atoms with van der Waals surface area (Å²) >= 11 is 1.50. The fourth-order valence-electron chi connectivity index (χ4n) is 2.53. The first-order chi connectivity index (χ1) is 9.06. The summed E-state index contributed by atoms with van der Waals surface area (Å²) in [4.78, 5) is 26.2. The van der Waals surface area contributed by atoms with E-state index in [0.29, 0.717) is 12.1 Å². The molecule has 0 bridgehead atoms. The zero-order chi connectivity index (χ0) is 14.0. The average Bonchev–Trinajstić information content (AvgIpc) is 2.79. The molecule has 1 amide bonds. The maximum absolute atomic E-state index is 12.5. The van der Waals surface area contributed by atoms with Crippen LogP contribution in [0.2, 0.25) is 0 Å². The highest BCUT2D eigenvalue weighted by atomic mass is 32.2. The van der Waals surface area contributed by atoms with Gasteiger partial charge in [-0.05, 0) is 30.7 Å². The smallest absolute Gasteiger partial charge is 0.326 e. The van der Waals surface area contributed by atoms with Gasteiger partial charge in [0.15, 0.2) is 0 Å². The van der Waals surface area contributed by atoms with E-state index in [4.69, 9.17) is 0 Å². The van der Waals surface area contributed by atoms with E-state index in [2.05, 4.69) is 0 Å². The lowest BCUT2D eigenvalue weighted by atomic mass is 10.0. The number of thioether (sulfide) groups is 1. The number of hydrogen-bond donors (Lipinski definition) is 1. The molecule has 102 valence electrons. The van der Waals surface area contributed by atoms with Crippen molar-refractivity contribution in [1.82, 2.24) is 4.90 Å². The van der Waals surface area contributed by atoms with Crippen molar-refractivity contribution in [2.45, 2.75) is 24.3 Å². The van der Waals surface area contributed by atoms with Crippen LogP contribution in [-0.4, -0.2) is 40.7 Å². The van der Waals surface area contributed by atoms with Gasteiger partial charge in [0.25, 0.3) is 5.91 Å². The zero-order valence-corrected chi connectivity index (χ0v) is 11.8. The molecule has 0 radical (unpaired) electrons. The summed E-state index contributed by atoms with van der Waals surface area (Å²) in [6.07, 6.45) is 2.65. The molecule has 0 aromatic heterocycles. The molecule has 1 fully saturated rings. The number of rotatable bonds is 3. The average molecular weight is 279 g/mol. The van der Waals surface area contributed by atoms with Crippen LogP contribution in [0.1, 0.15) is 23.7 Å². The molecule has 2 unspecified atom stereocenters. The third kappa shape index (κ3) is 2.61. The summed E-state index contributed by atoms with van der Waals surface area (Å²) in [6.45, 7) is 2.40. The standard InChI is InChI=1S/C14H17NO3S/c1-9-7-8-15(12(9)14(17)18)13(16)10-5-3-4-6-11(10)19-2/h3-6,9,12H,7-8H2,1-2H3,(H,17,18). The quantitative estimate of drug-likeness (QED) is 0.863. The zero-order valence-electron chi connectivity index (χ0n) is 11.0. The fraction of sp³-hybridized carbons (Fsp3) is 0.429. The molecule has 2 atom stereocenters. The first-order valence-corrected chi connectivity index (χ1v) is 7.45. The normalized spacial score (nSPS) is 22.5. The molecule has 1 aliphatic heterocycles. The highest BCUT2D eigenvalue weighted by Gasteiger charge is 2.40. The van der Waals surface area contributed by atoms with Crippen molar-refractivity contribution < 1.29 is 14.7 Å². The monoisotopic (exact) mass is 279 g/mol. The predicted octanol–water partition coefficient (Wildman–Crippen LogP) is 2.34. The maximum Gasteiger partial charge on any atom is 0.326 e. The van der Waals surface area contributed by atoms with Gasteiger partial charge < -0.3 is 10.0 Å². The summed E-state index contributed by atoms with van der Waals surface area (Å²) < 4.78 is 0. The minimum atomic E-state index is -0.917. The molecule has 0 aliphatic carbocycles. The topological polar surface area (TPSA) is 57.6 Å². The number of likely N-dealkylation sites (tertiary alicyclic amines) is 1. The highest BCUT2D eigenvalue weighted by molar-refractivity contribution is 7.98. The van der Waals surface area contributed by atoms with E-state index in [-0.39, 0.29) is 11.8 Å². The largest absolute Gasteiger partial charge is 0.480 e. The lowest BCUT2D eigenvalue weighted by Crippen LogP contribution is -2.42. The van der Waals surface area contributed by atoms with E-state index < -0.39 is 12.0 Å². The molecular weight excluding hydrogens is 262 g/mol. The van der Waals surface area contributed by atoms with Crippen LogP contribution >= 0.6 is 11.8 Å². The minimum Gasteiger partial charge on any atom is -0.480 e. The van der Waals surface area contributed by atoms with Crippen molar-refractivity contribution in [3.63, 3.8) is 0 Å². The first kappa shape index (κ1) is 13.9. The number of aliphatic carboxylic acids is 1. The van der Waals surface area contributed by atoms with Crippen molar-refractivity contribution in [3.8, 4) is 0 Å². The van der Waals surface area contributed by atoms with Crippen molar-refractivity contribution in [2.24, 2.45) is 5.92 Å². The summed E-state index contributed by atoms with van der Waals surface area (Å²) in [7, 11) is 0. The van der Waals surface area contributed by atoms with Gasteiger partial charge in [-0.3, -0.25) is 4.79 Å². The summed E-state index contributed by atoms with van der Waals surface area (Å²) in [5.74, 6) is -1.09. The molecule has 1 aromatic carbocycles. The number of nitrogens with zero attached hydrogens (tertiary/aromatic N) is 1. The Morgan fingerprint density at radius 2 is 2.05 bits per heavy atom.